The maximum absolute atomic E-state index is 14.3. The van der Waals surface area contributed by atoms with Gasteiger partial charge in [0, 0.05) is 49.8 Å². The monoisotopic (exact) mass is 537 g/mol. The number of nitrogens with zero attached hydrogens (tertiary/aromatic N) is 4. The van der Waals surface area contributed by atoms with Crippen molar-refractivity contribution < 1.29 is 28.0 Å². The lowest BCUT2D eigenvalue weighted by atomic mass is 9.79. The topological polar surface area (TPSA) is 140 Å². The summed E-state index contributed by atoms with van der Waals surface area (Å²) in [6.45, 7) is 0.00177. The van der Waals surface area contributed by atoms with Crippen molar-refractivity contribution in [1.29, 1.82) is 0 Å². The summed E-state index contributed by atoms with van der Waals surface area (Å²) < 4.78 is 39.5. The van der Waals surface area contributed by atoms with Crippen molar-refractivity contribution in [3.63, 3.8) is 0 Å². The fourth-order valence-corrected chi connectivity index (χ4v) is 5.05. The molecule has 1 aliphatic rings. The van der Waals surface area contributed by atoms with E-state index in [0.29, 0.717) is 27.9 Å². The summed E-state index contributed by atoms with van der Waals surface area (Å²) in [5.41, 5.74) is 4.02. The second kappa shape index (κ2) is 10.7. The minimum Gasteiger partial charge on any atom is -0.423 e. The predicted octanol–water partition coefficient (Wildman–Crippen LogP) is 1.59. The van der Waals surface area contributed by atoms with E-state index in [0.717, 1.165) is 30.0 Å². The highest BCUT2D eigenvalue weighted by atomic mass is 32.2. The van der Waals surface area contributed by atoms with E-state index in [1.807, 2.05) is 12.1 Å². The molecule has 3 aromatic heterocycles. The van der Waals surface area contributed by atoms with E-state index in [4.69, 9.17) is 0 Å². The number of hydrogen-bond donors (Lipinski definition) is 4. The molecule has 1 aliphatic carbocycles. The number of halogens is 1. The van der Waals surface area contributed by atoms with E-state index in [1.165, 1.54) is 16.4 Å². The Kier molecular flexibility index (Phi) is 7.37. The molecule has 1 aromatic carbocycles. The minimum absolute atomic E-state index is 0.0620. The van der Waals surface area contributed by atoms with Gasteiger partial charge >= 0.3 is 7.12 Å². The smallest absolute Gasteiger partial charge is 0.423 e. The number of amides is 1. The Labute approximate surface area is 220 Å². The maximum atomic E-state index is 14.3. The molecule has 0 spiro atoms. The number of pyridine rings is 2. The van der Waals surface area contributed by atoms with Gasteiger partial charge in [-0.05, 0) is 59.7 Å². The van der Waals surface area contributed by atoms with Gasteiger partial charge in [-0.25, -0.2) is 13.1 Å². The lowest BCUT2D eigenvalue weighted by molar-refractivity contribution is 0.0965. The number of hydrogen-bond acceptors (Lipinski definition) is 6. The van der Waals surface area contributed by atoms with Gasteiger partial charge in [0.15, 0.2) is 0 Å². The Hall–Kier alpha value is -3.49. The van der Waals surface area contributed by atoms with Crippen molar-refractivity contribution in [2.45, 2.75) is 31.8 Å². The number of carbonyl (C=O) groups excluding carboxylic acids is 1. The first-order chi connectivity index (χ1) is 18.3. The van der Waals surface area contributed by atoms with Crippen LogP contribution in [0.15, 0.2) is 55.0 Å². The molecular weight excluding hydrogens is 512 g/mol. The average molecular weight is 537 g/mol. The molecule has 5 rings (SSSR count). The van der Waals surface area contributed by atoms with Crippen LogP contribution in [0.2, 0.25) is 0 Å². The van der Waals surface area contributed by atoms with Crippen LogP contribution < -0.4 is 10.8 Å². The summed E-state index contributed by atoms with van der Waals surface area (Å²) in [6, 6.07) is 9.33. The van der Waals surface area contributed by atoms with Crippen LogP contribution in [0.1, 0.15) is 45.8 Å². The summed E-state index contributed by atoms with van der Waals surface area (Å²) in [6.07, 6.45) is 6.95. The Morgan fingerprint density at radius 2 is 2.05 bits per heavy atom. The minimum atomic E-state index is -2.39. The van der Waals surface area contributed by atoms with Gasteiger partial charge in [-0.15, -0.1) is 0 Å². The first-order valence-electron chi connectivity index (χ1n) is 11.9. The highest BCUT2D eigenvalue weighted by molar-refractivity contribution is 7.76. The lowest BCUT2D eigenvalue weighted by Gasteiger charge is -2.20. The molecule has 10 nitrogen and oxygen atoms in total. The van der Waals surface area contributed by atoms with Crippen molar-refractivity contribution in [1.82, 2.24) is 24.2 Å². The van der Waals surface area contributed by atoms with Crippen LogP contribution in [0.5, 0.6) is 0 Å². The Morgan fingerprint density at radius 3 is 2.66 bits per heavy atom. The van der Waals surface area contributed by atoms with Crippen LogP contribution in [0, 0.1) is 5.82 Å². The summed E-state index contributed by atoms with van der Waals surface area (Å²) in [4.78, 5) is 17.0. The number of rotatable bonds is 9. The second-order valence-corrected chi connectivity index (χ2v) is 10.1. The van der Waals surface area contributed by atoms with Crippen molar-refractivity contribution >= 4 is 35.3 Å². The van der Waals surface area contributed by atoms with E-state index in [2.05, 4.69) is 15.4 Å². The molecule has 0 bridgehead atoms. The van der Waals surface area contributed by atoms with Gasteiger partial charge in [-0.1, -0.05) is 12.1 Å². The van der Waals surface area contributed by atoms with E-state index in [1.54, 1.807) is 36.2 Å². The lowest BCUT2D eigenvalue weighted by Crippen LogP contribution is -2.33. The van der Waals surface area contributed by atoms with Gasteiger partial charge < -0.3 is 15.4 Å². The SMILES string of the molecule is CNC(=O)c1c(-c2cccnc2)nn2cc(CN(Cc3ccc(B(O)O)c(F)c3)S(=O)O)c(C3CC3)cc12. The normalized spacial score (nSPS) is 14.2. The van der Waals surface area contributed by atoms with Crippen molar-refractivity contribution in [2.75, 3.05) is 7.05 Å². The van der Waals surface area contributed by atoms with E-state index >= 15 is 0 Å². The summed E-state index contributed by atoms with van der Waals surface area (Å²) in [5, 5.41) is 25.9. The van der Waals surface area contributed by atoms with Crippen molar-refractivity contribution in [3.8, 4) is 11.3 Å². The number of carbonyl (C=O) groups is 1. The van der Waals surface area contributed by atoms with E-state index < -0.39 is 24.2 Å². The molecule has 0 radical (unpaired) electrons. The zero-order valence-corrected chi connectivity index (χ0v) is 21.2. The molecular formula is C25H25BFN5O5S. The second-order valence-electron chi connectivity index (χ2n) is 9.16. The molecule has 1 saturated carbocycles. The molecule has 4 aromatic rings. The van der Waals surface area contributed by atoms with Crippen LogP contribution in [-0.2, 0) is 24.4 Å². The van der Waals surface area contributed by atoms with Crippen LogP contribution in [0.25, 0.3) is 16.8 Å². The molecule has 13 heteroatoms. The van der Waals surface area contributed by atoms with Gasteiger partial charge in [-0.2, -0.15) is 9.40 Å². The molecule has 38 heavy (non-hydrogen) atoms. The number of aromatic nitrogens is 3. The molecule has 0 saturated heterocycles. The summed E-state index contributed by atoms with van der Waals surface area (Å²) in [7, 11) is -0.398. The summed E-state index contributed by atoms with van der Waals surface area (Å²) >= 11 is -2.39. The Balaban J connectivity index is 1.55. The number of benzene rings is 1. The van der Waals surface area contributed by atoms with Gasteiger partial charge in [0.2, 0.25) is 11.3 Å². The standard InChI is InChI=1S/C25H25BFN5O5S/c1-28-25(33)23-22-10-19(16-5-6-16)18(14-32(22)30-24(23)17-3-2-8-29-11-17)13-31(38(36)37)12-15-4-7-20(26(34)35)21(27)9-15/h2-4,7-11,14,16,34-35H,5-6,12-13H2,1H3,(H,28,33)(H,36,37). The van der Waals surface area contributed by atoms with Crippen LogP contribution >= 0.6 is 0 Å². The highest BCUT2D eigenvalue weighted by Gasteiger charge is 2.30. The fourth-order valence-electron chi connectivity index (χ4n) is 4.54. The molecule has 1 fully saturated rings. The molecule has 0 aliphatic heterocycles. The van der Waals surface area contributed by atoms with E-state index in [-0.39, 0.29) is 30.4 Å². The third kappa shape index (κ3) is 5.24. The third-order valence-corrected chi connectivity index (χ3v) is 7.26. The van der Waals surface area contributed by atoms with Gasteiger partial charge in [-0.3, -0.25) is 14.3 Å². The molecule has 1 unspecified atom stereocenters. The third-order valence-electron chi connectivity index (χ3n) is 6.56. The average Bonchev–Trinajstić information content (AvgIpc) is 3.68. The largest absolute Gasteiger partial charge is 0.491 e. The van der Waals surface area contributed by atoms with Gasteiger partial charge in [0.25, 0.3) is 5.91 Å². The highest BCUT2D eigenvalue weighted by Crippen LogP contribution is 2.43. The first kappa shape index (κ1) is 26.1. The van der Waals surface area contributed by atoms with Crippen LogP contribution in [0.3, 0.4) is 0 Å². The fraction of sp³-hybridized carbons (Fsp3) is 0.240. The van der Waals surface area contributed by atoms with E-state index in [9.17, 15) is 28.0 Å². The zero-order chi connectivity index (χ0) is 27.0. The van der Waals surface area contributed by atoms with Crippen molar-refractivity contribution in [3.05, 3.63) is 83.1 Å². The molecule has 4 N–H and O–H groups in total. The predicted molar refractivity (Wildman–Crippen MR) is 140 cm³/mol. The zero-order valence-electron chi connectivity index (χ0n) is 20.4. The quantitative estimate of drug-likeness (QED) is 0.188. The molecule has 3 heterocycles. The van der Waals surface area contributed by atoms with Crippen LogP contribution in [0.4, 0.5) is 4.39 Å². The molecule has 1 amide bonds. The Bertz CT molecular complexity index is 1530. The number of fused-ring (bicyclic) bond motifs is 1. The first-order valence-corrected chi connectivity index (χ1v) is 13.0. The maximum Gasteiger partial charge on any atom is 0.491 e. The van der Waals surface area contributed by atoms with Gasteiger partial charge in [0.05, 0.1) is 11.1 Å². The van der Waals surface area contributed by atoms with Crippen molar-refractivity contribution in [2.24, 2.45) is 0 Å². The number of nitrogens with one attached hydrogen (secondary N) is 1. The molecule has 196 valence electrons. The Morgan fingerprint density at radius 1 is 1.26 bits per heavy atom. The summed E-state index contributed by atoms with van der Waals surface area (Å²) in [5.74, 6) is -0.853. The van der Waals surface area contributed by atoms with Crippen LogP contribution in [-0.4, -0.2) is 57.8 Å². The van der Waals surface area contributed by atoms with Gasteiger partial charge in [0.1, 0.15) is 11.5 Å². The molecule has 1 atom stereocenters.